The van der Waals surface area contributed by atoms with E-state index in [1.54, 1.807) is 6.20 Å². The zero-order valence-corrected chi connectivity index (χ0v) is 9.43. The molecule has 0 spiro atoms. The summed E-state index contributed by atoms with van der Waals surface area (Å²) in [6.07, 6.45) is 3.56. The van der Waals surface area contributed by atoms with Crippen molar-refractivity contribution in [3.05, 3.63) is 40.6 Å². The van der Waals surface area contributed by atoms with Crippen molar-refractivity contribution in [1.29, 1.82) is 0 Å². The van der Waals surface area contributed by atoms with Crippen LogP contribution in [-0.4, -0.2) is 15.0 Å². The molecule has 0 unspecified atom stereocenters. The third-order valence-electron chi connectivity index (χ3n) is 2.22. The van der Waals surface area contributed by atoms with Gasteiger partial charge in [0.1, 0.15) is 10.5 Å². The van der Waals surface area contributed by atoms with Gasteiger partial charge in [-0.25, -0.2) is 4.98 Å². The second-order valence-electron chi connectivity index (χ2n) is 3.37. The number of nitrogens with one attached hydrogen (secondary N) is 1. The highest BCUT2D eigenvalue weighted by Crippen LogP contribution is 2.19. The number of rotatable bonds is 1. The number of nitrogens with zero attached hydrogens (tertiary/aromatic N) is 2. The molecule has 4 heteroatoms. The van der Waals surface area contributed by atoms with Crippen LogP contribution in [0.5, 0.6) is 0 Å². The third-order valence-corrected chi connectivity index (χ3v) is 2.62. The number of hydrogen-bond donors (Lipinski definition) is 1. The lowest BCUT2D eigenvalue weighted by atomic mass is 10.1. The minimum atomic E-state index is 0.644. The second kappa shape index (κ2) is 3.90. The van der Waals surface area contributed by atoms with Gasteiger partial charge >= 0.3 is 0 Å². The molecule has 2 rings (SSSR count). The number of H-pyrrole nitrogens is 1. The fourth-order valence-corrected chi connectivity index (χ4v) is 1.68. The van der Waals surface area contributed by atoms with Gasteiger partial charge in [0.25, 0.3) is 0 Å². The Labute approximate surface area is 93.2 Å². The van der Waals surface area contributed by atoms with E-state index in [9.17, 15) is 0 Å². The van der Waals surface area contributed by atoms with Gasteiger partial charge in [-0.15, -0.1) is 0 Å². The first kappa shape index (κ1) is 9.98. The fourth-order valence-electron chi connectivity index (χ4n) is 1.45. The summed E-state index contributed by atoms with van der Waals surface area (Å²) >= 11 is 5.18. The molecule has 2 heterocycles. The van der Waals surface area contributed by atoms with Crippen molar-refractivity contribution in [2.45, 2.75) is 13.8 Å². The van der Waals surface area contributed by atoms with Crippen LogP contribution in [0.2, 0.25) is 0 Å². The maximum Gasteiger partial charge on any atom is 0.133 e. The van der Waals surface area contributed by atoms with Crippen LogP contribution in [-0.2, 0) is 0 Å². The molecule has 0 amide bonds. The Morgan fingerprint density at radius 2 is 2.13 bits per heavy atom. The first-order chi connectivity index (χ1) is 7.18. The molecule has 0 aromatic carbocycles. The summed E-state index contributed by atoms with van der Waals surface area (Å²) in [6, 6.07) is 3.90. The molecular weight excluding hydrogens is 206 g/mol. The van der Waals surface area contributed by atoms with E-state index in [4.69, 9.17) is 12.2 Å². The van der Waals surface area contributed by atoms with Crippen LogP contribution >= 0.6 is 12.2 Å². The van der Waals surface area contributed by atoms with Crippen LogP contribution in [0, 0.1) is 18.5 Å². The maximum atomic E-state index is 5.18. The zero-order valence-electron chi connectivity index (χ0n) is 8.61. The highest BCUT2D eigenvalue weighted by atomic mass is 32.1. The molecule has 2 aromatic heterocycles. The fraction of sp³-hybridized carbons (Fsp3) is 0.182. The minimum absolute atomic E-state index is 0.644. The molecule has 2 aromatic rings. The Morgan fingerprint density at radius 3 is 2.80 bits per heavy atom. The molecule has 0 aliphatic rings. The summed E-state index contributed by atoms with van der Waals surface area (Å²) in [5.41, 5.74) is 3.02. The molecule has 3 nitrogen and oxygen atoms in total. The van der Waals surface area contributed by atoms with Crippen LogP contribution in [0.15, 0.2) is 24.5 Å². The van der Waals surface area contributed by atoms with Crippen LogP contribution in [0.25, 0.3) is 11.3 Å². The Bertz CT molecular complexity index is 531. The van der Waals surface area contributed by atoms with E-state index in [0.717, 1.165) is 22.6 Å². The Kier molecular flexibility index (Phi) is 2.60. The summed E-state index contributed by atoms with van der Waals surface area (Å²) in [6.45, 7) is 3.86. The average Bonchev–Trinajstić information content (AvgIpc) is 2.24. The van der Waals surface area contributed by atoms with Crippen molar-refractivity contribution in [1.82, 2.24) is 15.0 Å². The van der Waals surface area contributed by atoms with Gasteiger partial charge < -0.3 is 4.98 Å². The number of hydrogen-bond acceptors (Lipinski definition) is 3. The van der Waals surface area contributed by atoms with Crippen molar-refractivity contribution in [2.24, 2.45) is 0 Å². The molecule has 1 N–H and O–H groups in total. The average molecular weight is 217 g/mol. The van der Waals surface area contributed by atoms with E-state index < -0.39 is 0 Å². The normalized spacial score (nSPS) is 10.3. The molecule has 0 saturated heterocycles. The summed E-state index contributed by atoms with van der Waals surface area (Å²) in [5, 5.41) is 0. The van der Waals surface area contributed by atoms with E-state index in [2.05, 4.69) is 15.0 Å². The SMILES string of the molecule is Cc1nc(=S)c(C)c(-c2cccnc2)[nH]1. The van der Waals surface area contributed by atoms with Gasteiger partial charge in [0, 0.05) is 23.5 Å². The van der Waals surface area contributed by atoms with Crippen LogP contribution in [0.1, 0.15) is 11.4 Å². The molecule has 0 bridgehead atoms. The summed E-state index contributed by atoms with van der Waals surface area (Å²) in [5.74, 6) is 0.824. The Balaban J connectivity index is 2.68. The molecule has 0 radical (unpaired) electrons. The molecule has 0 fully saturated rings. The smallest absolute Gasteiger partial charge is 0.133 e. The first-order valence-corrected chi connectivity index (χ1v) is 5.07. The predicted octanol–water partition coefficient (Wildman–Crippen LogP) is 2.82. The maximum absolute atomic E-state index is 5.18. The van der Waals surface area contributed by atoms with Crippen molar-refractivity contribution in [3.63, 3.8) is 0 Å². The van der Waals surface area contributed by atoms with Crippen molar-refractivity contribution >= 4 is 12.2 Å². The van der Waals surface area contributed by atoms with E-state index in [1.165, 1.54) is 0 Å². The molecule has 0 saturated carbocycles. The lowest BCUT2D eigenvalue weighted by molar-refractivity contribution is 1.02. The van der Waals surface area contributed by atoms with Gasteiger partial charge in [0.05, 0.1) is 5.69 Å². The monoisotopic (exact) mass is 217 g/mol. The van der Waals surface area contributed by atoms with Crippen LogP contribution in [0.3, 0.4) is 0 Å². The molecule has 0 aliphatic carbocycles. The summed E-state index contributed by atoms with van der Waals surface area (Å²) in [4.78, 5) is 11.5. The number of aromatic amines is 1. The van der Waals surface area contributed by atoms with Gasteiger partial charge in [-0.3, -0.25) is 4.98 Å². The van der Waals surface area contributed by atoms with Gasteiger partial charge in [0.2, 0.25) is 0 Å². The quantitative estimate of drug-likeness (QED) is 0.747. The predicted molar refractivity (Wildman–Crippen MR) is 62.1 cm³/mol. The van der Waals surface area contributed by atoms with E-state index in [1.807, 2.05) is 32.2 Å². The lowest BCUT2D eigenvalue weighted by Crippen LogP contribution is -1.96. The molecule has 15 heavy (non-hydrogen) atoms. The van der Waals surface area contributed by atoms with E-state index >= 15 is 0 Å². The van der Waals surface area contributed by atoms with Crippen LogP contribution in [0.4, 0.5) is 0 Å². The summed E-state index contributed by atoms with van der Waals surface area (Å²) < 4.78 is 0.644. The topological polar surface area (TPSA) is 41.6 Å². The molecular formula is C11H11N3S. The van der Waals surface area contributed by atoms with Gasteiger partial charge in [0.15, 0.2) is 0 Å². The number of aryl methyl sites for hydroxylation is 1. The van der Waals surface area contributed by atoms with Crippen molar-refractivity contribution < 1.29 is 0 Å². The Morgan fingerprint density at radius 1 is 1.33 bits per heavy atom. The first-order valence-electron chi connectivity index (χ1n) is 4.66. The number of pyridine rings is 1. The standard InChI is InChI=1S/C11H11N3S/c1-7-10(9-4-3-5-12-6-9)13-8(2)14-11(7)15/h3-6H,1-2H3,(H,13,14,15). The van der Waals surface area contributed by atoms with Crippen molar-refractivity contribution in [3.8, 4) is 11.3 Å². The largest absolute Gasteiger partial charge is 0.343 e. The minimum Gasteiger partial charge on any atom is -0.343 e. The number of aromatic nitrogens is 3. The molecule has 0 atom stereocenters. The van der Waals surface area contributed by atoms with Crippen molar-refractivity contribution in [2.75, 3.05) is 0 Å². The van der Waals surface area contributed by atoms with Gasteiger partial charge in [-0.1, -0.05) is 12.2 Å². The summed E-state index contributed by atoms with van der Waals surface area (Å²) in [7, 11) is 0. The van der Waals surface area contributed by atoms with E-state index in [-0.39, 0.29) is 0 Å². The highest BCUT2D eigenvalue weighted by molar-refractivity contribution is 7.71. The van der Waals surface area contributed by atoms with Gasteiger partial charge in [-0.2, -0.15) is 0 Å². The third kappa shape index (κ3) is 1.94. The lowest BCUT2D eigenvalue weighted by Gasteiger charge is -2.06. The van der Waals surface area contributed by atoms with Gasteiger partial charge in [-0.05, 0) is 26.0 Å². The zero-order chi connectivity index (χ0) is 10.8. The van der Waals surface area contributed by atoms with Crippen LogP contribution < -0.4 is 0 Å². The Hall–Kier alpha value is -1.55. The second-order valence-corrected chi connectivity index (χ2v) is 3.76. The van der Waals surface area contributed by atoms with E-state index in [0.29, 0.717) is 4.64 Å². The molecule has 76 valence electrons. The molecule has 0 aliphatic heterocycles. The highest BCUT2D eigenvalue weighted by Gasteiger charge is 2.04.